The van der Waals surface area contributed by atoms with Gasteiger partial charge in [-0.15, -0.1) is 0 Å². The summed E-state index contributed by atoms with van der Waals surface area (Å²) in [5.41, 5.74) is 0.369. The van der Waals surface area contributed by atoms with Crippen molar-refractivity contribution >= 4 is 38.8 Å². The Kier molecular flexibility index (Phi) is 7.21. The zero-order valence-electron chi connectivity index (χ0n) is 17.0. The third kappa shape index (κ3) is 5.10. The lowest BCUT2D eigenvalue weighted by atomic mass is 10.0. The number of carbonyl (C=O) groups excluding carboxylic acids is 1. The molecule has 0 aliphatic carbocycles. The summed E-state index contributed by atoms with van der Waals surface area (Å²) < 4.78 is 65.7. The minimum atomic E-state index is -3.26. The molecular formula is C21H20Cl2F2O6S. The van der Waals surface area contributed by atoms with E-state index in [-0.39, 0.29) is 63.6 Å². The summed E-state index contributed by atoms with van der Waals surface area (Å²) in [5.74, 6) is -2.83. The normalized spacial score (nSPS) is 19.6. The van der Waals surface area contributed by atoms with Crippen molar-refractivity contribution in [1.82, 2.24) is 0 Å². The molecule has 0 saturated carbocycles. The SMILES string of the molecule is C=C/C(Cl)=C(CC(=O)c1ccc(OC(F)F)c2c1OC1(CCS(=O)(=O)CC1)O2)\C(Cl)=C/C. The average molecular weight is 509 g/mol. The lowest BCUT2D eigenvalue weighted by Crippen LogP contribution is -2.46. The van der Waals surface area contributed by atoms with Gasteiger partial charge in [0.2, 0.25) is 5.75 Å². The molecule has 1 saturated heterocycles. The molecule has 2 heterocycles. The molecule has 0 atom stereocenters. The van der Waals surface area contributed by atoms with Crippen LogP contribution in [-0.4, -0.2) is 38.1 Å². The van der Waals surface area contributed by atoms with Crippen molar-refractivity contribution in [1.29, 1.82) is 0 Å². The zero-order chi connectivity index (χ0) is 23.7. The minimum absolute atomic E-state index is 0.0242. The van der Waals surface area contributed by atoms with E-state index in [1.165, 1.54) is 18.2 Å². The second-order valence-corrected chi connectivity index (χ2v) is 10.3. The highest BCUT2D eigenvalue weighted by molar-refractivity contribution is 7.91. The van der Waals surface area contributed by atoms with E-state index in [0.29, 0.717) is 5.57 Å². The van der Waals surface area contributed by atoms with Crippen LogP contribution in [0, 0.1) is 0 Å². The number of allylic oxidation sites excluding steroid dienone is 5. The van der Waals surface area contributed by atoms with Crippen LogP contribution in [0.15, 0.2) is 46.5 Å². The minimum Gasteiger partial charge on any atom is -0.447 e. The summed E-state index contributed by atoms with van der Waals surface area (Å²) in [5, 5.41) is 0.436. The molecule has 1 aromatic rings. The number of benzene rings is 1. The predicted octanol–water partition coefficient (Wildman–Crippen LogP) is 5.36. The van der Waals surface area contributed by atoms with E-state index in [4.69, 9.17) is 32.7 Å². The molecule has 32 heavy (non-hydrogen) atoms. The highest BCUT2D eigenvalue weighted by atomic mass is 35.5. The fourth-order valence-corrected chi connectivity index (χ4v) is 5.27. The van der Waals surface area contributed by atoms with Crippen LogP contribution in [0.1, 0.15) is 36.5 Å². The van der Waals surface area contributed by atoms with Crippen LogP contribution in [0.4, 0.5) is 8.78 Å². The topological polar surface area (TPSA) is 78.9 Å². The van der Waals surface area contributed by atoms with Crippen molar-refractivity contribution < 1.29 is 36.2 Å². The average Bonchev–Trinajstić information content (AvgIpc) is 3.13. The molecule has 174 valence electrons. The fraction of sp³-hybridized carbons (Fsp3) is 0.381. The van der Waals surface area contributed by atoms with Crippen LogP contribution in [-0.2, 0) is 9.84 Å². The quantitative estimate of drug-likeness (QED) is 0.364. The second-order valence-electron chi connectivity index (χ2n) is 7.18. The highest BCUT2D eigenvalue weighted by Gasteiger charge is 2.48. The first kappa shape index (κ1) is 24.5. The molecule has 0 unspecified atom stereocenters. The van der Waals surface area contributed by atoms with Crippen LogP contribution in [0.3, 0.4) is 0 Å². The molecular weight excluding hydrogens is 489 g/mol. The molecule has 11 heteroatoms. The molecule has 0 bridgehead atoms. The van der Waals surface area contributed by atoms with Crippen LogP contribution in [0.25, 0.3) is 0 Å². The maximum atomic E-state index is 13.1. The van der Waals surface area contributed by atoms with Gasteiger partial charge in [-0.05, 0) is 24.6 Å². The Balaban J connectivity index is 2.00. The number of fused-ring (bicyclic) bond motifs is 1. The number of hydrogen-bond acceptors (Lipinski definition) is 6. The third-order valence-electron chi connectivity index (χ3n) is 5.10. The third-order valence-corrected chi connectivity index (χ3v) is 7.58. The van der Waals surface area contributed by atoms with Crippen LogP contribution < -0.4 is 14.2 Å². The lowest BCUT2D eigenvalue weighted by Gasteiger charge is -2.31. The maximum absolute atomic E-state index is 13.1. The predicted molar refractivity (Wildman–Crippen MR) is 117 cm³/mol. The van der Waals surface area contributed by atoms with Gasteiger partial charge >= 0.3 is 6.61 Å². The Morgan fingerprint density at radius 1 is 1.25 bits per heavy atom. The first-order chi connectivity index (χ1) is 15.0. The largest absolute Gasteiger partial charge is 0.447 e. The molecule has 0 aromatic heterocycles. The van der Waals surface area contributed by atoms with Gasteiger partial charge in [0.15, 0.2) is 27.1 Å². The number of carbonyl (C=O) groups is 1. The summed E-state index contributed by atoms with van der Waals surface area (Å²) in [7, 11) is -3.26. The van der Waals surface area contributed by atoms with E-state index in [1.54, 1.807) is 13.0 Å². The van der Waals surface area contributed by atoms with Crippen LogP contribution in [0.5, 0.6) is 17.2 Å². The maximum Gasteiger partial charge on any atom is 0.387 e. The van der Waals surface area contributed by atoms with E-state index in [2.05, 4.69) is 11.3 Å². The van der Waals surface area contributed by atoms with Gasteiger partial charge in [-0.2, -0.15) is 8.78 Å². The summed E-state index contributed by atoms with van der Waals surface area (Å²) in [6, 6.07) is 2.46. The first-order valence-electron chi connectivity index (χ1n) is 9.57. The van der Waals surface area contributed by atoms with Crippen molar-refractivity contribution in [2.24, 2.45) is 0 Å². The zero-order valence-corrected chi connectivity index (χ0v) is 19.3. The Morgan fingerprint density at radius 2 is 1.88 bits per heavy atom. The Bertz CT molecular complexity index is 1100. The summed E-state index contributed by atoms with van der Waals surface area (Å²) in [4.78, 5) is 13.1. The second kappa shape index (κ2) is 9.41. The van der Waals surface area contributed by atoms with Crippen LogP contribution >= 0.6 is 23.2 Å². The molecule has 1 fully saturated rings. The molecule has 3 rings (SSSR count). The van der Waals surface area contributed by atoms with Gasteiger partial charge in [-0.3, -0.25) is 4.79 Å². The van der Waals surface area contributed by atoms with Crippen molar-refractivity contribution in [3.8, 4) is 17.2 Å². The van der Waals surface area contributed by atoms with E-state index < -0.39 is 28.0 Å². The van der Waals surface area contributed by atoms with Crippen molar-refractivity contribution in [3.05, 3.63) is 52.1 Å². The first-order valence-corrected chi connectivity index (χ1v) is 12.2. The number of sulfone groups is 1. The number of hydrogen-bond donors (Lipinski definition) is 0. The van der Waals surface area contributed by atoms with Gasteiger partial charge in [0, 0.05) is 29.3 Å². The molecule has 0 amide bonds. The number of alkyl halides is 2. The summed E-state index contributed by atoms with van der Waals surface area (Å²) in [6.07, 6.45) is 2.64. The standard InChI is InChI=1S/C21H20Cl2F2O6S/c1-3-14(22)13(15(23)4-2)11-16(26)12-5-6-17(29-20(24)25)19-18(12)30-21(31-19)7-9-32(27,28)10-8-21/h3-6,20H,1,7-11H2,2H3/b14-13+,15-4+. The monoisotopic (exact) mass is 508 g/mol. The summed E-state index contributed by atoms with van der Waals surface area (Å²) in [6.45, 7) is 2.11. The Morgan fingerprint density at radius 3 is 2.44 bits per heavy atom. The number of ketones is 1. The molecule has 0 N–H and O–H groups in total. The van der Waals surface area contributed by atoms with Gasteiger partial charge < -0.3 is 14.2 Å². The molecule has 6 nitrogen and oxygen atoms in total. The van der Waals surface area contributed by atoms with Gasteiger partial charge in [0.05, 0.1) is 17.1 Å². The smallest absolute Gasteiger partial charge is 0.387 e. The Labute approximate surface area is 194 Å². The number of rotatable bonds is 7. The van der Waals surface area contributed by atoms with Crippen molar-refractivity contribution in [2.75, 3.05) is 11.5 Å². The van der Waals surface area contributed by atoms with E-state index in [0.717, 1.165) is 0 Å². The van der Waals surface area contributed by atoms with Gasteiger partial charge in [0.25, 0.3) is 5.79 Å². The Hall–Kier alpha value is -2.10. The van der Waals surface area contributed by atoms with Gasteiger partial charge in [-0.1, -0.05) is 41.9 Å². The number of halogens is 4. The number of Topliss-reactive ketones (excluding diaryl/α,β-unsaturated/α-hetero) is 1. The number of ether oxygens (including phenoxy) is 3. The highest BCUT2D eigenvalue weighted by Crippen LogP contribution is 2.52. The van der Waals surface area contributed by atoms with E-state index in [1.807, 2.05) is 0 Å². The molecule has 2 aliphatic heterocycles. The fourth-order valence-electron chi connectivity index (χ4n) is 3.43. The van der Waals surface area contributed by atoms with Crippen molar-refractivity contribution in [2.45, 2.75) is 38.6 Å². The molecule has 0 radical (unpaired) electrons. The molecule has 1 spiro atoms. The van der Waals surface area contributed by atoms with Crippen LogP contribution in [0.2, 0.25) is 0 Å². The van der Waals surface area contributed by atoms with E-state index >= 15 is 0 Å². The molecule has 1 aromatic carbocycles. The van der Waals surface area contributed by atoms with Gasteiger partial charge in [0.1, 0.15) is 0 Å². The van der Waals surface area contributed by atoms with E-state index in [9.17, 15) is 22.0 Å². The van der Waals surface area contributed by atoms with Crippen molar-refractivity contribution in [3.63, 3.8) is 0 Å². The summed E-state index contributed by atoms with van der Waals surface area (Å²) >= 11 is 12.3. The molecule has 2 aliphatic rings. The van der Waals surface area contributed by atoms with Gasteiger partial charge in [-0.25, -0.2) is 8.42 Å². The lowest BCUT2D eigenvalue weighted by molar-refractivity contribution is -0.0903.